The molecule has 3 saturated carbocycles. The third-order valence-corrected chi connectivity index (χ3v) is 14.3. The Balaban J connectivity index is 1.20. The second kappa shape index (κ2) is 16.9. The van der Waals surface area contributed by atoms with E-state index >= 15 is 0 Å². The minimum absolute atomic E-state index is 0.106. The minimum atomic E-state index is -1.86. The Morgan fingerprint density at radius 3 is 1.80 bits per heavy atom. The van der Waals surface area contributed by atoms with Crippen molar-refractivity contribution < 1.29 is 89.4 Å². The fourth-order valence-corrected chi connectivity index (χ4v) is 10.8. The summed E-state index contributed by atoms with van der Waals surface area (Å²) in [5.74, 6) is -0.552. The van der Waals surface area contributed by atoms with Crippen LogP contribution in [0.1, 0.15) is 72.1 Å². The molecule has 0 spiro atoms. The number of fused-ring (bicyclic) bond motifs is 3. The molecule has 0 bridgehead atoms. The van der Waals surface area contributed by atoms with Crippen molar-refractivity contribution in [3.05, 3.63) is 12.2 Å². The maximum absolute atomic E-state index is 14.5. The van der Waals surface area contributed by atoms with Gasteiger partial charge in [0.15, 0.2) is 18.7 Å². The lowest BCUT2D eigenvalue weighted by molar-refractivity contribution is -0.363. The average molecular weight is 807 g/mol. The zero-order valence-electron chi connectivity index (χ0n) is 32.2. The van der Waals surface area contributed by atoms with Crippen molar-refractivity contribution >= 4 is 5.97 Å². The molecular formula is C38H62O18. The molecule has 3 heterocycles. The van der Waals surface area contributed by atoms with E-state index in [1.165, 1.54) is 0 Å². The zero-order valence-corrected chi connectivity index (χ0v) is 32.2. The van der Waals surface area contributed by atoms with Crippen molar-refractivity contribution in [2.75, 3.05) is 19.8 Å². The fourth-order valence-electron chi connectivity index (χ4n) is 10.8. The van der Waals surface area contributed by atoms with Gasteiger partial charge in [0.1, 0.15) is 67.1 Å². The van der Waals surface area contributed by atoms with Crippen molar-refractivity contribution in [3.8, 4) is 0 Å². The largest absolute Gasteiger partial charge is 0.432 e. The van der Waals surface area contributed by atoms with E-state index < -0.39 is 129 Å². The van der Waals surface area contributed by atoms with E-state index in [1.807, 2.05) is 13.8 Å². The van der Waals surface area contributed by atoms with Crippen LogP contribution in [0.15, 0.2) is 12.2 Å². The molecule has 6 rings (SSSR count). The number of hydrogen-bond donors (Lipinski definition) is 11. The van der Waals surface area contributed by atoms with Gasteiger partial charge >= 0.3 is 5.97 Å². The van der Waals surface area contributed by atoms with Gasteiger partial charge in [-0.1, -0.05) is 19.9 Å². The van der Waals surface area contributed by atoms with Gasteiger partial charge in [-0.3, -0.25) is 4.79 Å². The Bertz CT molecular complexity index is 1380. The second-order valence-corrected chi connectivity index (χ2v) is 17.6. The van der Waals surface area contributed by atoms with Crippen LogP contribution in [0.3, 0.4) is 0 Å². The summed E-state index contributed by atoms with van der Waals surface area (Å²) < 4.78 is 35.1. The quantitative estimate of drug-likeness (QED) is 0.0835. The van der Waals surface area contributed by atoms with Crippen LogP contribution in [0.4, 0.5) is 0 Å². The molecule has 18 unspecified atom stereocenters. The van der Waals surface area contributed by atoms with Gasteiger partial charge in [0, 0.05) is 0 Å². The van der Waals surface area contributed by atoms with Crippen LogP contribution in [-0.4, -0.2) is 180 Å². The Morgan fingerprint density at radius 1 is 0.679 bits per heavy atom. The smallest absolute Gasteiger partial charge is 0.314 e. The van der Waals surface area contributed by atoms with Crippen LogP contribution in [0.2, 0.25) is 0 Å². The van der Waals surface area contributed by atoms with E-state index in [0.717, 1.165) is 18.4 Å². The molecule has 3 aliphatic heterocycles. The fraction of sp³-hybridized carbons (Fsp3) is 0.921. The van der Waals surface area contributed by atoms with E-state index in [9.17, 15) is 61.0 Å². The number of carbonyl (C=O) groups excluding carboxylic acids is 1. The lowest BCUT2D eigenvalue weighted by atomic mass is 9.45. The van der Waals surface area contributed by atoms with Gasteiger partial charge in [-0.15, -0.1) is 0 Å². The first kappa shape index (κ1) is 44.1. The highest BCUT2D eigenvalue weighted by Crippen LogP contribution is 2.64. The van der Waals surface area contributed by atoms with Gasteiger partial charge in [-0.2, -0.15) is 0 Å². The van der Waals surface area contributed by atoms with Crippen molar-refractivity contribution in [3.63, 3.8) is 0 Å². The van der Waals surface area contributed by atoms with Crippen molar-refractivity contribution in [2.45, 2.75) is 170 Å². The molecule has 0 aromatic rings. The summed E-state index contributed by atoms with van der Waals surface area (Å²) >= 11 is 0. The van der Waals surface area contributed by atoms with Crippen LogP contribution >= 0.6 is 0 Å². The molecule has 18 nitrogen and oxygen atoms in total. The average Bonchev–Trinajstić information content (AvgIpc) is 3.29. The molecule has 0 aromatic heterocycles. The van der Waals surface area contributed by atoms with Crippen molar-refractivity contribution in [1.29, 1.82) is 0 Å². The van der Waals surface area contributed by atoms with Crippen molar-refractivity contribution in [1.82, 2.24) is 0 Å². The molecule has 18 heteroatoms. The minimum Gasteiger partial charge on any atom is -0.432 e. The lowest BCUT2D eigenvalue weighted by Gasteiger charge is -2.59. The summed E-state index contributed by atoms with van der Waals surface area (Å²) in [7, 11) is 0. The Kier molecular flexibility index (Phi) is 13.3. The lowest BCUT2D eigenvalue weighted by Crippen LogP contribution is -2.65. The molecule has 0 aromatic carbocycles. The summed E-state index contributed by atoms with van der Waals surface area (Å²) in [6, 6.07) is 0. The summed E-state index contributed by atoms with van der Waals surface area (Å²) in [6.45, 7) is 8.18. The first-order chi connectivity index (χ1) is 26.3. The summed E-state index contributed by atoms with van der Waals surface area (Å²) in [5.41, 5.74) is -1.64. The number of aliphatic hydroxyl groups excluding tert-OH is 11. The normalized spacial score (nSPS) is 52.7. The van der Waals surface area contributed by atoms with Crippen LogP contribution in [-0.2, 0) is 33.2 Å². The first-order valence-electron chi connectivity index (χ1n) is 19.8. The number of ether oxygens (including phenoxy) is 6. The Labute approximate surface area is 325 Å². The number of aliphatic hydroxyl groups is 11. The van der Waals surface area contributed by atoms with Gasteiger partial charge < -0.3 is 84.6 Å². The van der Waals surface area contributed by atoms with Crippen LogP contribution in [0, 0.1) is 28.6 Å². The molecule has 21 atom stereocenters. The Hall–Kier alpha value is -1.43. The highest BCUT2D eigenvalue weighted by Gasteiger charge is 2.61. The maximum Gasteiger partial charge on any atom is 0.314 e. The number of rotatable bonds is 9. The third kappa shape index (κ3) is 7.72. The standard InChI is InChI=1S/C38H62O18/c1-16-12-17-6-7-22-36(2,18(17)8-11-38(16,4)56-33-30(49)27(46)24(43)20(14-40)52-33)9-5-10-37(22,3)35(50)55-34-31(28(47)25(44)21(15-41)53-34)54-32-29(48)26(45)23(42)19(13-39)51-32/h17-34,39-49H,1,5-15H2,2-4H3/t17?,18-,19?,20?,21?,22?,23?,24?,25?,26?,27?,28?,29?,30?,31?,32?,33?,34?,36+,37-,38?/m1/s1. The van der Waals surface area contributed by atoms with E-state index in [1.54, 1.807) is 0 Å². The predicted molar refractivity (Wildman–Crippen MR) is 189 cm³/mol. The third-order valence-electron chi connectivity index (χ3n) is 14.3. The molecule has 6 fully saturated rings. The molecule has 0 amide bonds. The molecule has 11 N–H and O–H groups in total. The second-order valence-electron chi connectivity index (χ2n) is 17.6. The zero-order chi connectivity index (χ0) is 41.1. The van der Waals surface area contributed by atoms with E-state index in [0.29, 0.717) is 38.5 Å². The van der Waals surface area contributed by atoms with Crippen LogP contribution in [0.5, 0.6) is 0 Å². The van der Waals surface area contributed by atoms with Crippen molar-refractivity contribution in [2.24, 2.45) is 28.6 Å². The predicted octanol–water partition coefficient (Wildman–Crippen LogP) is -2.69. The maximum atomic E-state index is 14.5. The van der Waals surface area contributed by atoms with Gasteiger partial charge in [0.2, 0.25) is 6.29 Å². The van der Waals surface area contributed by atoms with Gasteiger partial charge in [-0.25, -0.2) is 0 Å². The van der Waals surface area contributed by atoms with Crippen LogP contribution in [0.25, 0.3) is 0 Å². The van der Waals surface area contributed by atoms with Gasteiger partial charge in [0.05, 0.1) is 30.8 Å². The van der Waals surface area contributed by atoms with Gasteiger partial charge in [0.25, 0.3) is 0 Å². The Morgan fingerprint density at radius 2 is 1.21 bits per heavy atom. The summed E-state index contributed by atoms with van der Waals surface area (Å²) in [4.78, 5) is 14.5. The molecule has 6 aliphatic rings. The number of esters is 1. The van der Waals surface area contributed by atoms with E-state index in [2.05, 4.69) is 13.5 Å². The monoisotopic (exact) mass is 806 g/mol. The highest BCUT2D eigenvalue weighted by molar-refractivity contribution is 5.77. The SMILES string of the molecule is C=C1CC2CCC3[C@](C)(C(=O)OC4OC(CO)C(O)C(O)C4OC4OC(CO)C(O)C(O)C4O)CCC[C@@]3(C)[C@@H]2CCC1(C)OC1OC(CO)C(O)C(O)C1O. The molecule has 56 heavy (non-hydrogen) atoms. The van der Waals surface area contributed by atoms with E-state index in [-0.39, 0.29) is 23.2 Å². The summed E-state index contributed by atoms with van der Waals surface area (Å²) in [5, 5.41) is 114. The van der Waals surface area contributed by atoms with E-state index in [4.69, 9.17) is 28.4 Å². The highest BCUT2D eigenvalue weighted by atomic mass is 16.8. The molecular weight excluding hydrogens is 744 g/mol. The number of hydrogen-bond acceptors (Lipinski definition) is 18. The summed E-state index contributed by atoms with van der Waals surface area (Å²) in [6.07, 6.45) is -18.8. The molecule has 322 valence electrons. The first-order valence-corrected chi connectivity index (χ1v) is 19.8. The molecule has 0 radical (unpaired) electrons. The molecule has 3 aliphatic carbocycles. The van der Waals surface area contributed by atoms with Crippen LogP contribution < -0.4 is 0 Å². The molecule has 3 saturated heterocycles. The van der Waals surface area contributed by atoms with Gasteiger partial charge in [-0.05, 0) is 87.5 Å². The topological polar surface area (TPSA) is 295 Å². The number of carbonyl (C=O) groups is 1.